The number of piperidine rings is 1. The van der Waals surface area contributed by atoms with Gasteiger partial charge in [0.15, 0.2) is 5.03 Å². The minimum Gasteiger partial charge on any atom is -0.495 e. The molecule has 1 atom stereocenters. The van der Waals surface area contributed by atoms with E-state index in [9.17, 15) is 13.2 Å². The van der Waals surface area contributed by atoms with Crippen molar-refractivity contribution < 1.29 is 17.9 Å². The summed E-state index contributed by atoms with van der Waals surface area (Å²) in [6.45, 7) is 3.29. The molecule has 2 aromatic rings. The van der Waals surface area contributed by atoms with Gasteiger partial charge in [-0.3, -0.25) is 4.79 Å². The summed E-state index contributed by atoms with van der Waals surface area (Å²) in [6, 6.07) is 7.88. The number of anilines is 1. The summed E-state index contributed by atoms with van der Waals surface area (Å²) < 4.78 is 34.3. The lowest BCUT2D eigenvalue weighted by atomic mass is 9.97. The summed E-state index contributed by atoms with van der Waals surface area (Å²) in [5.41, 5.74) is 1.03. The first-order valence-corrected chi connectivity index (χ1v) is 12.0. The minimum atomic E-state index is -3.68. The quantitative estimate of drug-likeness (QED) is 0.684. The average Bonchev–Trinajstić information content (AvgIpc) is 3.26. The molecule has 0 spiro atoms. The maximum atomic E-state index is 13.2. The number of sulfonamides is 1. The third kappa shape index (κ3) is 4.40. The van der Waals surface area contributed by atoms with Crippen LogP contribution in [-0.2, 0) is 21.9 Å². The Balaban J connectivity index is 1.39. The topological polar surface area (TPSA) is 88.0 Å². The van der Waals surface area contributed by atoms with E-state index in [4.69, 9.17) is 4.74 Å². The monoisotopic (exact) mass is 447 g/mol. The molecule has 2 aliphatic heterocycles. The first-order valence-electron chi connectivity index (χ1n) is 10.5. The van der Waals surface area contributed by atoms with Gasteiger partial charge in [-0.1, -0.05) is 12.1 Å². The van der Waals surface area contributed by atoms with Gasteiger partial charge in [-0.05, 0) is 25.0 Å². The van der Waals surface area contributed by atoms with E-state index >= 15 is 0 Å². The second-order valence-electron chi connectivity index (χ2n) is 8.06. The first kappa shape index (κ1) is 21.6. The Morgan fingerprint density at radius 2 is 1.87 bits per heavy atom. The number of imidazole rings is 1. The van der Waals surface area contributed by atoms with Crippen LogP contribution >= 0.6 is 0 Å². The smallest absolute Gasteiger partial charge is 0.262 e. The molecule has 10 heteroatoms. The van der Waals surface area contributed by atoms with Crippen molar-refractivity contribution in [1.82, 2.24) is 18.8 Å². The van der Waals surface area contributed by atoms with Gasteiger partial charge in [0.25, 0.3) is 10.0 Å². The molecule has 3 heterocycles. The fourth-order valence-corrected chi connectivity index (χ4v) is 5.82. The molecule has 4 rings (SSSR count). The Morgan fingerprint density at radius 1 is 1.13 bits per heavy atom. The molecule has 2 saturated heterocycles. The second-order valence-corrected chi connectivity index (χ2v) is 9.95. The van der Waals surface area contributed by atoms with Crippen LogP contribution < -0.4 is 9.64 Å². The molecule has 1 aromatic carbocycles. The van der Waals surface area contributed by atoms with Crippen LogP contribution in [-0.4, -0.2) is 79.5 Å². The van der Waals surface area contributed by atoms with Crippen molar-refractivity contribution in [3.63, 3.8) is 0 Å². The van der Waals surface area contributed by atoms with Crippen LogP contribution in [0.25, 0.3) is 0 Å². The zero-order valence-corrected chi connectivity index (χ0v) is 18.8. The van der Waals surface area contributed by atoms with E-state index < -0.39 is 10.0 Å². The van der Waals surface area contributed by atoms with E-state index in [0.29, 0.717) is 32.5 Å². The summed E-state index contributed by atoms with van der Waals surface area (Å²) in [4.78, 5) is 21.3. The molecule has 0 N–H and O–H groups in total. The highest BCUT2D eigenvalue weighted by atomic mass is 32.2. The summed E-state index contributed by atoms with van der Waals surface area (Å²) in [6.07, 6.45) is 4.35. The van der Waals surface area contributed by atoms with Crippen LogP contribution in [0.4, 0.5) is 5.69 Å². The first-order chi connectivity index (χ1) is 14.9. The molecule has 0 radical (unpaired) electrons. The SMILES string of the molecule is COc1ccccc1N1CCN(C(=O)[C@@H]2CCCN(S(=O)(=O)c3cn(C)cn3)C2)CC1. The Kier molecular flexibility index (Phi) is 6.19. The zero-order valence-electron chi connectivity index (χ0n) is 18.0. The van der Waals surface area contributed by atoms with E-state index in [0.717, 1.165) is 24.5 Å². The van der Waals surface area contributed by atoms with Crippen LogP contribution in [0.1, 0.15) is 12.8 Å². The van der Waals surface area contributed by atoms with E-state index in [1.807, 2.05) is 29.2 Å². The number of carbonyl (C=O) groups is 1. The standard InChI is InChI=1S/C21H29N5O4S/c1-23-15-20(22-16-23)31(28,29)26-9-5-6-17(14-26)21(27)25-12-10-24(11-13-25)18-7-3-4-8-19(18)30-2/h3-4,7-8,15-17H,5-6,9-14H2,1-2H3/t17-/m1/s1. The van der Waals surface area contributed by atoms with Gasteiger partial charge in [-0.15, -0.1) is 0 Å². The highest BCUT2D eigenvalue weighted by Crippen LogP contribution is 2.29. The lowest BCUT2D eigenvalue weighted by molar-refractivity contribution is -0.137. The number of amides is 1. The van der Waals surface area contributed by atoms with Gasteiger partial charge >= 0.3 is 0 Å². The molecule has 1 amide bonds. The minimum absolute atomic E-state index is 0.0357. The molecule has 2 aliphatic rings. The number of hydrogen-bond donors (Lipinski definition) is 0. The maximum Gasteiger partial charge on any atom is 0.262 e. The van der Waals surface area contributed by atoms with Crippen LogP contribution in [0, 0.1) is 5.92 Å². The number of aryl methyl sites for hydroxylation is 1. The summed E-state index contributed by atoms with van der Waals surface area (Å²) in [7, 11) is -0.288. The van der Waals surface area contributed by atoms with Gasteiger partial charge in [-0.2, -0.15) is 4.31 Å². The van der Waals surface area contributed by atoms with Crippen molar-refractivity contribution in [2.24, 2.45) is 13.0 Å². The molecule has 31 heavy (non-hydrogen) atoms. The fraction of sp³-hybridized carbons (Fsp3) is 0.524. The number of hydrogen-bond acceptors (Lipinski definition) is 6. The number of ether oxygens (including phenoxy) is 1. The van der Waals surface area contributed by atoms with Crippen molar-refractivity contribution in [2.45, 2.75) is 17.9 Å². The normalized spacial score (nSPS) is 20.6. The van der Waals surface area contributed by atoms with Crippen molar-refractivity contribution in [1.29, 1.82) is 0 Å². The number of benzene rings is 1. The molecule has 0 saturated carbocycles. The number of piperazine rings is 1. The van der Waals surface area contributed by atoms with Gasteiger partial charge < -0.3 is 19.1 Å². The Hall–Kier alpha value is -2.59. The van der Waals surface area contributed by atoms with Gasteiger partial charge in [-0.25, -0.2) is 13.4 Å². The van der Waals surface area contributed by atoms with Crippen molar-refractivity contribution in [3.05, 3.63) is 36.8 Å². The average molecular weight is 448 g/mol. The van der Waals surface area contributed by atoms with E-state index in [2.05, 4.69) is 9.88 Å². The van der Waals surface area contributed by atoms with Crippen LogP contribution in [0.15, 0.2) is 41.8 Å². The third-order valence-electron chi connectivity index (χ3n) is 6.04. The van der Waals surface area contributed by atoms with Crippen molar-refractivity contribution in [2.75, 3.05) is 51.3 Å². The largest absolute Gasteiger partial charge is 0.495 e. The predicted molar refractivity (Wildman–Crippen MR) is 116 cm³/mol. The molecule has 9 nitrogen and oxygen atoms in total. The lowest BCUT2D eigenvalue weighted by Gasteiger charge is -2.39. The zero-order chi connectivity index (χ0) is 22.0. The number of methoxy groups -OCH3 is 1. The van der Waals surface area contributed by atoms with E-state index in [1.54, 1.807) is 18.7 Å². The third-order valence-corrected chi connectivity index (χ3v) is 7.79. The number of rotatable bonds is 5. The number of nitrogens with zero attached hydrogens (tertiary/aromatic N) is 5. The fourth-order valence-electron chi connectivity index (χ4n) is 4.33. The molecule has 2 fully saturated rings. The molecular formula is C21H29N5O4S. The lowest BCUT2D eigenvalue weighted by Crippen LogP contribution is -2.53. The Bertz CT molecular complexity index is 1030. The molecule has 0 unspecified atom stereocenters. The molecule has 0 aliphatic carbocycles. The van der Waals surface area contributed by atoms with Crippen molar-refractivity contribution in [3.8, 4) is 5.75 Å². The number of carbonyl (C=O) groups excluding carboxylic acids is 1. The number of para-hydroxylation sites is 2. The molecule has 168 valence electrons. The Morgan fingerprint density at radius 3 is 2.55 bits per heavy atom. The van der Waals surface area contributed by atoms with Crippen LogP contribution in [0.3, 0.4) is 0 Å². The van der Waals surface area contributed by atoms with Crippen LogP contribution in [0.5, 0.6) is 5.75 Å². The van der Waals surface area contributed by atoms with Gasteiger partial charge in [0.2, 0.25) is 5.91 Å². The highest BCUT2D eigenvalue weighted by Gasteiger charge is 2.36. The molecule has 1 aromatic heterocycles. The summed E-state index contributed by atoms with van der Waals surface area (Å²) in [5, 5.41) is 0.0357. The predicted octanol–water partition coefficient (Wildman–Crippen LogP) is 1.18. The van der Waals surface area contributed by atoms with Crippen molar-refractivity contribution >= 4 is 21.6 Å². The van der Waals surface area contributed by atoms with E-state index in [1.165, 1.54) is 16.8 Å². The van der Waals surface area contributed by atoms with Gasteiger partial charge in [0.1, 0.15) is 5.75 Å². The van der Waals surface area contributed by atoms with E-state index in [-0.39, 0.29) is 23.4 Å². The highest BCUT2D eigenvalue weighted by molar-refractivity contribution is 7.89. The number of aromatic nitrogens is 2. The maximum absolute atomic E-state index is 13.2. The molecular weight excluding hydrogens is 418 g/mol. The summed E-state index contributed by atoms with van der Waals surface area (Å²) >= 11 is 0. The van der Waals surface area contributed by atoms with Crippen LogP contribution in [0.2, 0.25) is 0 Å². The molecule has 0 bridgehead atoms. The van der Waals surface area contributed by atoms with Gasteiger partial charge in [0, 0.05) is 52.5 Å². The van der Waals surface area contributed by atoms with Gasteiger partial charge in [0.05, 0.1) is 25.0 Å². The Labute approximate surface area is 183 Å². The second kappa shape index (κ2) is 8.88. The summed E-state index contributed by atoms with van der Waals surface area (Å²) in [5.74, 6) is 0.551.